The molecule has 0 spiro atoms. The first-order valence-corrected chi connectivity index (χ1v) is 7.76. The van der Waals surface area contributed by atoms with E-state index in [2.05, 4.69) is 16.9 Å². The topological polar surface area (TPSA) is 47.3 Å². The van der Waals surface area contributed by atoms with Gasteiger partial charge in [0.1, 0.15) is 5.75 Å². The number of thiophene rings is 1. The van der Waals surface area contributed by atoms with Crippen molar-refractivity contribution in [1.82, 2.24) is 5.43 Å². The Balaban J connectivity index is 1.65. The molecule has 0 aromatic carbocycles. The van der Waals surface area contributed by atoms with Gasteiger partial charge >= 0.3 is 0 Å². The van der Waals surface area contributed by atoms with Crippen LogP contribution < -0.4 is 16.0 Å². The Bertz CT molecular complexity index is 406. The molecule has 2 aliphatic rings. The molecule has 4 atom stereocenters. The summed E-state index contributed by atoms with van der Waals surface area (Å²) < 4.78 is 5.25. The third-order valence-corrected chi connectivity index (χ3v) is 5.82. The van der Waals surface area contributed by atoms with Crippen LogP contribution >= 0.6 is 11.3 Å². The van der Waals surface area contributed by atoms with Crippen molar-refractivity contribution in [1.29, 1.82) is 0 Å². The SMILES string of the molecule is COc1csc(C(CC2CC3CCC2C3)NN)c1. The van der Waals surface area contributed by atoms with Crippen molar-refractivity contribution < 1.29 is 4.74 Å². The second-order valence-corrected chi connectivity index (χ2v) is 6.72. The molecule has 3 N–H and O–H groups in total. The van der Waals surface area contributed by atoms with Crippen LogP contribution in [0.3, 0.4) is 0 Å². The highest BCUT2D eigenvalue weighted by atomic mass is 32.1. The van der Waals surface area contributed by atoms with E-state index < -0.39 is 0 Å². The van der Waals surface area contributed by atoms with Crippen LogP contribution in [0.4, 0.5) is 0 Å². The molecule has 2 aliphatic carbocycles. The molecule has 2 saturated carbocycles. The van der Waals surface area contributed by atoms with Gasteiger partial charge in [-0.25, -0.2) is 0 Å². The average Bonchev–Trinajstić information content (AvgIpc) is 3.10. The number of rotatable bonds is 5. The summed E-state index contributed by atoms with van der Waals surface area (Å²) >= 11 is 1.74. The molecule has 0 amide bonds. The zero-order valence-electron chi connectivity index (χ0n) is 10.9. The average molecular weight is 266 g/mol. The van der Waals surface area contributed by atoms with E-state index >= 15 is 0 Å². The first-order chi connectivity index (χ1) is 8.80. The van der Waals surface area contributed by atoms with Crippen LogP contribution in [0, 0.1) is 17.8 Å². The van der Waals surface area contributed by atoms with E-state index in [1.807, 2.05) is 0 Å². The van der Waals surface area contributed by atoms with Crippen molar-refractivity contribution in [3.8, 4) is 5.75 Å². The van der Waals surface area contributed by atoms with Crippen LogP contribution in [0.1, 0.15) is 43.0 Å². The Kier molecular flexibility index (Phi) is 3.59. The van der Waals surface area contributed by atoms with Crippen molar-refractivity contribution in [2.24, 2.45) is 23.6 Å². The molecule has 0 saturated heterocycles. The zero-order valence-corrected chi connectivity index (χ0v) is 11.7. The highest BCUT2D eigenvalue weighted by molar-refractivity contribution is 7.10. The summed E-state index contributed by atoms with van der Waals surface area (Å²) in [6.07, 6.45) is 6.98. The molecule has 3 nitrogen and oxygen atoms in total. The van der Waals surface area contributed by atoms with Gasteiger partial charge in [0.2, 0.25) is 0 Å². The monoisotopic (exact) mass is 266 g/mol. The summed E-state index contributed by atoms with van der Waals surface area (Å²) in [6, 6.07) is 2.41. The summed E-state index contributed by atoms with van der Waals surface area (Å²) in [5.74, 6) is 9.54. The zero-order chi connectivity index (χ0) is 12.5. The fourth-order valence-electron chi connectivity index (χ4n) is 3.86. The van der Waals surface area contributed by atoms with Crippen molar-refractivity contribution >= 4 is 11.3 Å². The lowest BCUT2D eigenvalue weighted by Gasteiger charge is -2.25. The van der Waals surface area contributed by atoms with Crippen LogP contribution in [-0.4, -0.2) is 7.11 Å². The molecular weight excluding hydrogens is 244 g/mol. The Labute approximate surface area is 113 Å². The number of ether oxygens (including phenoxy) is 1. The smallest absolute Gasteiger partial charge is 0.129 e. The molecule has 4 heteroatoms. The minimum Gasteiger partial charge on any atom is -0.496 e. The molecule has 2 bridgehead atoms. The van der Waals surface area contributed by atoms with Crippen LogP contribution in [-0.2, 0) is 0 Å². The first-order valence-electron chi connectivity index (χ1n) is 6.88. The first kappa shape index (κ1) is 12.5. The lowest BCUT2D eigenvalue weighted by Crippen LogP contribution is -2.30. The van der Waals surface area contributed by atoms with Crippen LogP contribution in [0.15, 0.2) is 11.4 Å². The van der Waals surface area contributed by atoms with Gasteiger partial charge in [0.05, 0.1) is 13.2 Å². The fourth-order valence-corrected chi connectivity index (χ4v) is 4.79. The molecule has 18 heavy (non-hydrogen) atoms. The second-order valence-electron chi connectivity index (χ2n) is 5.78. The Morgan fingerprint density at radius 1 is 1.50 bits per heavy atom. The third-order valence-electron chi connectivity index (χ3n) is 4.80. The van der Waals surface area contributed by atoms with Gasteiger partial charge < -0.3 is 4.74 Å². The Morgan fingerprint density at radius 3 is 2.94 bits per heavy atom. The van der Waals surface area contributed by atoms with Crippen molar-refractivity contribution in [3.63, 3.8) is 0 Å². The molecule has 1 aromatic heterocycles. The van der Waals surface area contributed by atoms with Gasteiger partial charge in [-0.3, -0.25) is 11.3 Å². The van der Waals surface area contributed by atoms with Gasteiger partial charge in [-0.15, -0.1) is 11.3 Å². The standard InChI is InChI=1S/C14H22N2OS/c1-17-12-7-14(18-8-12)13(16-15)6-11-5-9-2-3-10(11)4-9/h7-11,13,16H,2-6,15H2,1H3. The number of hydrazine groups is 1. The van der Waals surface area contributed by atoms with Gasteiger partial charge in [0.15, 0.2) is 0 Å². The summed E-state index contributed by atoms with van der Waals surface area (Å²) in [7, 11) is 1.71. The highest BCUT2D eigenvalue weighted by Gasteiger charge is 2.40. The molecule has 0 radical (unpaired) electrons. The van der Waals surface area contributed by atoms with Crippen LogP contribution in [0.25, 0.3) is 0 Å². The van der Waals surface area contributed by atoms with Gasteiger partial charge in [-0.1, -0.05) is 6.42 Å². The van der Waals surface area contributed by atoms with Gasteiger partial charge in [-0.2, -0.15) is 0 Å². The quantitative estimate of drug-likeness (QED) is 0.636. The summed E-state index contributed by atoms with van der Waals surface area (Å²) in [4.78, 5) is 1.30. The second kappa shape index (κ2) is 5.19. The van der Waals surface area contributed by atoms with Crippen molar-refractivity contribution in [2.45, 2.75) is 38.1 Å². The maximum Gasteiger partial charge on any atom is 0.129 e. The van der Waals surface area contributed by atoms with Crippen LogP contribution in [0.2, 0.25) is 0 Å². The predicted octanol–water partition coefficient (Wildman–Crippen LogP) is 3.09. The van der Waals surface area contributed by atoms with Gasteiger partial charge in [0, 0.05) is 10.3 Å². The van der Waals surface area contributed by atoms with Crippen molar-refractivity contribution in [2.75, 3.05) is 7.11 Å². The molecule has 1 aromatic rings. The number of methoxy groups -OCH3 is 1. The third kappa shape index (κ3) is 2.29. The maximum absolute atomic E-state index is 5.75. The molecular formula is C14H22N2OS. The molecule has 0 aliphatic heterocycles. The highest BCUT2D eigenvalue weighted by Crippen LogP contribution is 2.51. The fraction of sp³-hybridized carbons (Fsp3) is 0.714. The maximum atomic E-state index is 5.75. The molecule has 3 rings (SSSR count). The van der Waals surface area contributed by atoms with E-state index in [1.54, 1.807) is 18.4 Å². The summed E-state index contributed by atoms with van der Waals surface area (Å²) in [6.45, 7) is 0. The lowest BCUT2D eigenvalue weighted by molar-refractivity contribution is 0.281. The Morgan fingerprint density at radius 2 is 2.39 bits per heavy atom. The van der Waals surface area contributed by atoms with Crippen LogP contribution in [0.5, 0.6) is 5.75 Å². The number of hydrogen-bond donors (Lipinski definition) is 2. The van der Waals surface area contributed by atoms with Gasteiger partial charge in [0.25, 0.3) is 0 Å². The minimum atomic E-state index is 0.295. The summed E-state index contributed by atoms with van der Waals surface area (Å²) in [5.41, 5.74) is 3.00. The van der Waals surface area contributed by atoms with E-state index in [0.717, 1.165) is 23.5 Å². The molecule has 4 unspecified atom stereocenters. The minimum absolute atomic E-state index is 0.295. The summed E-state index contributed by atoms with van der Waals surface area (Å²) in [5, 5.41) is 2.06. The van der Waals surface area contributed by atoms with E-state index in [1.165, 1.54) is 37.0 Å². The lowest BCUT2D eigenvalue weighted by atomic mass is 9.84. The number of nitrogens with one attached hydrogen (secondary N) is 1. The number of hydrogen-bond acceptors (Lipinski definition) is 4. The van der Waals surface area contributed by atoms with E-state index in [-0.39, 0.29) is 0 Å². The predicted molar refractivity (Wildman–Crippen MR) is 74.5 cm³/mol. The van der Waals surface area contributed by atoms with E-state index in [0.29, 0.717) is 6.04 Å². The van der Waals surface area contributed by atoms with E-state index in [9.17, 15) is 0 Å². The van der Waals surface area contributed by atoms with Gasteiger partial charge in [-0.05, 0) is 49.5 Å². The Hall–Kier alpha value is -0.580. The van der Waals surface area contributed by atoms with E-state index in [4.69, 9.17) is 10.6 Å². The molecule has 1 heterocycles. The number of nitrogens with two attached hydrogens (primary N) is 1. The van der Waals surface area contributed by atoms with Crippen molar-refractivity contribution in [3.05, 3.63) is 16.3 Å². The largest absolute Gasteiger partial charge is 0.496 e. The number of fused-ring (bicyclic) bond motifs is 2. The normalized spacial score (nSPS) is 31.8. The molecule has 100 valence electrons. The molecule has 2 fully saturated rings.